The number of hydrazine groups is 1. The Morgan fingerprint density at radius 2 is 1.75 bits per heavy atom. The van der Waals surface area contributed by atoms with E-state index in [9.17, 15) is 19.7 Å². The Hall–Kier alpha value is -4.39. The molecule has 5 rings (SSSR count). The van der Waals surface area contributed by atoms with Crippen molar-refractivity contribution in [1.82, 2.24) is 20.2 Å². The molecule has 1 N–H and O–H groups in total. The summed E-state index contributed by atoms with van der Waals surface area (Å²) in [5, 5.41) is 18.4. The molecule has 0 saturated carbocycles. The number of nitrogens with one attached hydrogen (secondary N) is 1. The number of likely N-dealkylation sites (tertiary alicyclic amines) is 1. The smallest absolute Gasteiger partial charge is 0.334 e. The topological polar surface area (TPSA) is 117 Å². The van der Waals surface area contributed by atoms with Gasteiger partial charge in [-0.3, -0.25) is 30.2 Å². The second-order valence-corrected chi connectivity index (χ2v) is 13.1. The zero-order valence-electron chi connectivity index (χ0n) is 27.6. The number of nitro benzene ring substituents is 1. The highest BCUT2D eigenvalue weighted by Crippen LogP contribution is 2.38. The van der Waals surface area contributed by atoms with Crippen molar-refractivity contribution in [3.63, 3.8) is 0 Å². The molecule has 1 amide bonds. The van der Waals surface area contributed by atoms with Gasteiger partial charge in [-0.05, 0) is 98.8 Å². The van der Waals surface area contributed by atoms with Gasteiger partial charge in [-0.2, -0.15) is 0 Å². The van der Waals surface area contributed by atoms with E-state index in [-0.39, 0.29) is 5.69 Å². The molecule has 12 heteroatoms. The van der Waals surface area contributed by atoms with E-state index in [1.807, 2.05) is 36.2 Å². The van der Waals surface area contributed by atoms with Gasteiger partial charge in [0.2, 0.25) is 6.41 Å². The van der Waals surface area contributed by atoms with Crippen LogP contribution in [0.2, 0.25) is 0 Å². The van der Waals surface area contributed by atoms with Crippen LogP contribution in [0.4, 0.5) is 5.69 Å². The number of carbonyl (C=O) groups is 2. The first-order valence-electron chi connectivity index (χ1n) is 16.1. The van der Waals surface area contributed by atoms with E-state index in [1.54, 1.807) is 30.3 Å². The molecule has 0 radical (unpaired) electrons. The third kappa shape index (κ3) is 8.00. The first-order valence-corrected chi connectivity index (χ1v) is 17.2. The monoisotopic (exact) mass is 673 g/mol. The zero-order valence-corrected chi connectivity index (χ0v) is 28.4. The Labute approximate surface area is 286 Å². The van der Waals surface area contributed by atoms with E-state index in [2.05, 4.69) is 40.5 Å². The molecule has 3 aromatic rings. The van der Waals surface area contributed by atoms with Crippen LogP contribution in [0.3, 0.4) is 0 Å². The Bertz CT molecular complexity index is 1560. The molecule has 0 spiro atoms. The maximum atomic E-state index is 13.6. The summed E-state index contributed by atoms with van der Waals surface area (Å²) in [5.74, 6) is 1.32. The van der Waals surface area contributed by atoms with E-state index < -0.39 is 21.9 Å². The van der Waals surface area contributed by atoms with Gasteiger partial charge in [0.1, 0.15) is 11.2 Å². The minimum Gasteiger partial charge on any atom is -0.497 e. The number of thioether (sulfide) groups is 1. The van der Waals surface area contributed by atoms with Gasteiger partial charge in [-0.25, -0.2) is 4.79 Å². The predicted octanol–water partition coefficient (Wildman–Crippen LogP) is 5.64. The van der Waals surface area contributed by atoms with Gasteiger partial charge in [-0.15, -0.1) is 11.8 Å². The molecule has 254 valence electrons. The molecule has 2 unspecified atom stereocenters. The van der Waals surface area contributed by atoms with E-state index in [1.165, 1.54) is 36.6 Å². The molecule has 3 aromatic carbocycles. The van der Waals surface area contributed by atoms with Crippen molar-refractivity contribution in [3.05, 3.63) is 117 Å². The van der Waals surface area contributed by atoms with E-state index in [0.29, 0.717) is 29.5 Å². The van der Waals surface area contributed by atoms with Crippen molar-refractivity contribution >= 4 is 29.8 Å². The molecule has 0 bridgehead atoms. The Morgan fingerprint density at radius 3 is 2.35 bits per heavy atom. The third-order valence-electron chi connectivity index (χ3n) is 9.09. The van der Waals surface area contributed by atoms with E-state index in [0.717, 1.165) is 56.6 Å². The highest BCUT2D eigenvalue weighted by Gasteiger charge is 2.47. The Balaban J connectivity index is 1.35. The fraction of sp³-hybridized carbons (Fsp3) is 0.389. The quantitative estimate of drug-likeness (QED) is 0.0997. The number of benzene rings is 3. The number of piperidine rings is 1. The summed E-state index contributed by atoms with van der Waals surface area (Å²) in [4.78, 5) is 39.6. The molecular weight excluding hydrogens is 630 g/mol. The third-order valence-corrected chi connectivity index (χ3v) is 10.2. The van der Waals surface area contributed by atoms with Gasteiger partial charge in [0.15, 0.2) is 5.54 Å². The van der Waals surface area contributed by atoms with Crippen molar-refractivity contribution in [2.45, 2.75) is 48.9 Å². The molecule has 1 fully saturated rings. The highest BCUT2D eigenvalue weighted by molar-refractivity contribution is 7.99. The van der Waals surface area contributed by atoms with Crippen LogP contribution >= 0.6 is 11.8 Å². The Kier molecular flexibility index (Phi) is 11.7. The summed E-state index contributed by atoms with van der Waals surface area (Å²) in [5.41, 5.74) is 1.49. The average Bonchev–Trinajstić information content (AvgIpc) is 3.13. The number of methoxy groups -OCH3 is 2. The second kappa shape index (κ2) is 16.1. The minimum atomic E-state index is -1.44. The van der Waals surface area contributed by atoms with Crippen molar-refractivity contribution in [2.75, 3.05) is 40.4 Å². The number of non-ortho nitro benzene ring substituents is 1. The fourth-order valence-electron chi connectivity index (χ4n) is 6.50. The number of ether oxygens (including phenoxy) is 2. The summed E-state index contributed by atoms with van der Waals surface area (Å²) in [6.45, 7) is 5.24. The molecule has 48 heavy (non-hydrogen) atoms. The average molecular weight is 674 g/mol. The first kappa shape index (κ1) is 34.9. The maximum absolute atomic E-state index is 13.6. The van der Waals surface area contributed by atoms with Gasteiger partial charge < -0.3 is 14.4 Å². The van der Waals surface area contributed by atoms with Gasteiger partial charge in [0, 0.05) is 30.1 Å². The number of carbonyl (C=O) groups excluding carboxylic acids is 2. The van der Waals surface area contributed by atoms with Crippen LogP contribution in [-0.4, -0.2) is 78.1 Å². The number of hydrogen-bond donors (Lipinski definition) is 1. The van der Waals surface area contributed by atoms with Gasteiger partial charge in [-0.1, -0.05) is 42.5 Å². The van der Waals surface area contributed by atoms with Crippen molar-refractivity contribution < 1.29 is 24.0 Å². The molecule has 11 nitrogen and oxygen atoms in total. The van der Waals surface area contributed by atoms with Crippen LogP contribution in [0.5, 0.6) is 5.75 Å². The molecule has 0 aromatic heterocycles. The lowest BCUT2D eigenvalue weighted by atomic mass is 9.87. The van der Waals surface area contributed by atoms with Gasteiger partial charge in [0.05, 0.1) is 19.1 Å². The fourth-order valence-corrected chi connectivity index (χ4v) is 7.74. The van der Waals surface area contributed by atoms with E-state index >= 15 is 0 Å². The number of nitro groups is 1. The lowest BCUT2D eigenvalue weighted by molar-refractivity contribution is -0.384. The number of esters is 1. The number of amides is 1. The number of allylic oxidation sites excluding steroid dienone is 1. The van der Waals surface area contributed by atoms with E-state index in [4.69, 9.17) is 9.47 Å². The Morgan fingerprint density at radius 1 is 1.06 bits per heavy atom. The van der Waals surface area contributed by atoms with Crippen LogP contribution in [0.25, 0.3) is 0 Å². The standard InChI is InChI=1S/C36H43N5O6S/c1-27-24-36(34(43)47-3,31-12-14-32(15-13-31)41(44)45)37-35(48-25-28-10-16-33(46-2)17-11-28)40(27)39(26-42)21-7-20-38-22-18-30(19-23-38)29-8-5-4-6-9-29/h4-6,8-17,24,26,30,35,37H,7,18-23,25H2,1-3H3. The summed E-state index contributed by atoms with van der Waals surface area (Å²) in [6, 6.07) is 24.3. The van der Waals surface area contributed by atoms with Gasteiger partial charge in [0.25, 0.3) is 5.69 Å². The number of rotatable bonds is 14. The molecular formula is C36H43N5O6S. The first-order chi connectivity index (χ1) is 23.3. The molecule has 2 aliphatic heterocycles. The highest BCUT2D eigenvalue weighted by atomic mass is 32.2. The minimum absolute atomic E-state index is 0.0845. The van der Waals surface area contributed by atoms with Crippen LogP contribution in [0.15, 0.2) is 90.6 Å². The molecule has 2 atom stereocenters. The number of hydrogen-bond acceptors (Lipinski definition) is 10. The van der Waals surface area contributed by atoms with Crippen molar-refractivity contribution in [2.24, 2.45) is 0 Å². The lowest BCUT2D eigenvalue weighted by Crippen LogP contribution is -2.63. The van der Waals surface area contributed by atoms with Crippen molar-refractivity contribution in [1.29, 1.82) is 0 Å². The van der Waals surface area contributed by atoms with Crippen LogP contribution < -0.4 is 10.1 Å². The maximum Gasteiger partial charge on any atom is 0.334 e. The summed E-state index contributed by atoms with van der Waals surface area (Å²) in [6.07, 6.45) is 5.57. The number of nitrogens with zero attached hydrogens (tertiary/aromatic N) is 4. The second-order valence-electron chi connectivity index (χ2n) is 12.0. The van der Waals surface area contributed by atoms with Crippen LogP contribution in [0.1, 0.15) is 48.8 Å². The predicted molar refractivity (Wildman–Crippen MR) is 186 cm³/mol. The largest absolute Gasteiger partial charge is 0.497 e. The summed E-state index contributed by atoms with van der Waals surface area (Å²) in [7, 11) is 2.93. The van der Waals surface area contributed by atoms with Crippen LogP contribution in [-0.2, 0) is 25.6 Å². The summed E-state index contributed by atoms with van der Waals surface area (Å²) >= 11 is 1.52. The SMILES string of the molecule is COC(=O)C1(c2ccc([N+](=O)[O-])cc2)C=C(C)N(N(C=O)CCCN2CCC(c3ccccc3)CC2)C(SCc2ccc(OC)cc2)N1. The molecule has 1 saturated heterocycles. The van der Waals surface area contributed by atoms with Crippen molar-refractivity contribution in [3.8, 4) is 5.75 Å². The molecule has 2 heterocycles. The molecule has 2 aliphatic rings. The molecule has 0 aliphatic carbocycles. The van der Waals surface area contributed by atoms with Crippen LogP contribution in [0, 0.1) is 10.1 Å². The lowest BCUT2D eigenvalue weighted by Gasteiger charge is -2.48. The summed E-state index contributed by atoms with van der Waals surface area (Å²) < 4.78 is 10.6. The zero-order chi connectivity index (χ0) is 34.1. The van der Waals surface area contributed by atoms with Gasteiger partial charge >= 0.3 is 5.97 Å². The normalized spacial score (nSPS) is 20.1.